The summed E-state index contributed by atoms with van der Waals surface area (Å²) in [6.07, 6.45) is 4.55. The first-order valence-electron chi connectivity index (χ1n) is 9.03. The maximum Gasteiger partial charge on any atom is 0.159 e. The summed E-state index contributed by atoms with van der Waals surface area (Å²) in [6, 6.07) is 14.5. The highest BCUT2D eigenvalue weighted by molar-refractivity contribution is 5.93. The van der Waals surface area contributed by atoms with Crippen LogP contribution in [0.1, 0.15) is 5.56 Å². The molecule has 0 fully saturated rings. The molecule has 0 amide bonds. The second-order valence-electron chi connectivity index (χ2n) is 6.62. The van der Waals surface area contributed by atoms with Crippen molar-refractivity contribution in [2.45, 2.75) is 6.42 Å². The number of hydrogen-bond donors (Lipinski definition) is 3. The number of nitrogens with one attached hydrogen (secondary N) is 3. The van der Waals surface area contributed by atoms with E-state index in [4.69, 9.17) is 0 Å². The molecule has 5 rings (SSSR count). The summed E-state index contributed by atoms with van der Waals surface area (Å²) in [5.41, 5.74) is 5.31. The standard InChI is InChI=1S/C21H17FN6/c22-14-3-5-17-16(10-14)20(28-27-17)21-25-18-6-4-15(11-19(18)26-21)24-9-7-13-2-1-8-23-12-13/h1-6,8,10-12,24H,7,9H2,(H,25,26)(H,27,28). The molecule has 0 saturated carbocycles. The number of halogens is 1. The van der Waals surface area contributed by atoms with Gasteiger partial charge < -0.3 is 10.3 Å². The second-order valence-corrected chi connectivity index (χ2v) is 6.62. The molecule has 6 nitrogen and oxygen atoms in total. The van der Waals surface area contributed by atoms with E-state index in [1.165, 1.54) is 17.7 Å². The lowest BCUT2D eigenvalue weighted by Gasteiger charge is -2.06. The normalized spacial score (nSPS) is 11.3. The zero-order chi connectivity index (χ0) is 18.9. The summed E-state index contributed by atoms with van der Waals surface area (Å²) in [6.45, 7) is 0.807. The lowest BCUT2D eigenvalue weighted by atomic mass is 10.2. The van der Waals surface area contributed by atoms with E-state index in [1.54, 1.807) is 12.3 Å². The van der Waals surface area contributed by atoms with Gasteiger partial charge in [0.15, 0.2) is 5.82 Å². The van der Waals surface area contributed by atoms with E-state index in [-0.39, 0.29) is 5.82 Å². The summed E-state index contributed by atoms with van der Waals surface area (Å²) < 4.78 is 13.6. The predicted molar refractivity (Wildman–Crippen MR) is 108 cm³/mol. The van der Waals surface area contributed by atoms with Crippen molar-refractivity contribution in [2.75, 3.05) is 11.9 Å². The molecule has 2 aromatic carbocycles. The molecule has 3 aromatic heterocycles. The Balaban J connectivity index is 1.39. The van der Waals surface area contributed by atoms with Crippen LogP contribution in [0.2, 0.25) is 0 Å². The number of rotatable bonds is 5. The van der Waals surface area contributed by atoms with Crippen LogP contribution >= 0.6 is 0 Å². The quantitative estimate of drug-likeness (QED) is 0.430. The minimum Gasteiger partial charge on any atom is -0.385 e. The van der Waals surface area contributed by atoms with Gasteiger partial charge in [-0.2, -0.15) is 5.10 Å². The largest absolute Gasteiger partial charge is 0.385 e. The highest BCUT2D eigenvalue weighted by Gasteiger charge is 2.13. The zero-order valence-corrected chi connectivity index (χ0v) is 14.9. The molecule has 0 aliphatic carbocycles. The van der Waals surface area contributed by atoms with E-state index >= 15 is 0 Å². The van der Waals surface area contributed by atoms with Crippen molar-refractivity contribution in [3.63, 3.8) is 0 Å². The first kappa shape index (κ1) is 16.4. The Morgan fingerprint density at radius 1 is 1.04 bits per heavy atom. The van der Waals surface area contributed by atoms with Crippen molar-refractivity contribution < 1.29 is 4.39 Å². The third-order valence-electron chi connectivity index (χ3n) is 4.70. The monoisotopic (exact) mass is 372 g/mol. The Kier molecular flexibility index (Phi) is 3.97. The molecule has 0 saturated heterocycles. The average molecular weight is 372 g/mol. The van der Waals surface area contributed by atoms with Crippen LogP contribution in [-0.2, 0) is 6.42 Å². The highest BCUT2D eigenvalue weighted by atomic mass is 19.1. The smallest absolute Gasteiger partial charge is 0.159 e. The molecular weight excluding hydrogens is 355 g/mol. The van der Waals surface area contributed by atoms with Crippen molar-refractivity contribution in [2.24, 2.45) is 0 Å². The first-order valence-corrected chi connectivity index (χ1v) is 9.03. The van der Waals surface area contributed by atoms with E-state index < -0.39 is 0 Å². The third kappa shape index (κ3) is 3.07. The molecule has 0 spiro atoms. The van der Waals surface area contributed by atoms with E-state index in [1.807, 2.05) is 30.5 Å². The Labute approximate surface area is 159 Å². The van der Waals surface area contributed by atoms with Crippen LogP contribution < -0.4 is 5.32 Å². The van der Waals surface area contributed by atoms with Gasteiger partial charge in [0.1, 0.15) is 11.5 Å². The van der Waals surface area contributed by atoms with Gasteiger partial charge in [-0.15, -0.1) is 0 Å². The molecule has 138 valence electrons. The maximum absolute atomic E-state index is 13.6. The summed E-state index contributed by atoms with van der Waals surface area (Å²) in [7, 11) is 0. The number of nitrogens with zero attached hydrogens (tertiary/aromatic N) is 3. The second kappa shape index (κ2) is 6.77. The number of anilines is 1. The van der Waals surface area contributed by atoms with Crippen LogP contribution in [-0.4, -0.2) is 31.7 Å². The zero-order valence-electron chi connectivity index (χ0n) is 14.9. The number of pyridine rings is 1. The van der Waals surface area contributed by atoms with E-state index in [0.29, 0.717) is 16.9 Å². The van der Waals surface area contributed by atoms with Crippen LogP contribution in [0.5, 0.6) is 0 Å². The van der Waals surface area contributed by atoms with E-state index in [0.717, 1.165) is 35.2 Å². The van der Waals surface area contributed by atoms with Gasteiger partial charge in [0.05, 0.1) is 16.6 Å². The van der Waals surface area contributed by atoms with Gasteiger partial charge in [-0.3, -0.25) is 10.1 Å². The number of imidazole rings is 1. The molecule has 0 aliphatic heterocycles. The highest BCUT2D eigenvalue weighted by Crippen LogP contribution is 2.27. The van der Waals surface area contributed by atoms with Crippen molar-refractivity contribution in [1.82, 2.24) is 25.1 Å². The fourth-order valence-corrected chi connectivity index (χ4v) is 3.30. The van der Waals surface area contributed by atoms with Gasteiger partial charge >= 0.3 is 0 Å². The van der Waals surface area contributed by atoms with Crippen LogP contribution in [0.15, 0.2) is 60.9 Å². The van der Waals surface area contributed by atoms with Gasteiger partial charge in [0, 0.05) is 30.0 Å². The van der Waals surface area contributed by atoms with Gasteiger partial charge in [0.2, 0.25) is 0 Å². The van der Waals surface area contributed by atoms with Gasteiger partial charge in [0.25, 0.3) is 0 Å². The number of aromatic amines is 2. The van der Waals surface area contributed by atoms with E-state index in [2.05, 4.69) is 36.5 Å². The minimum absolute atomic E-state index is 0.300. The molecule has 3 N–H and O–H groups in total. The Morgan fingerprint density at radius 2 is 2.00 bits per heavy atom. The maximum atomic E-state index is 13.6. The third-order valence-corrected chi connectivity index (χ3v) is 4.70. The SMILES string of the molecule is Fc1ccc2[nH]nc(-c3nc4ccc(NCCc5cccnc5)cc4[nH]3)c2c1. The Bertz CT molecular complexity index is 1260. The number of aromatic nitrogens is 5. The number of benzene rings is 2. The molecule has 0 atom stereocenters. The van der Waals surface area contributed by atoms with Crippen LogP contribution in [0.25, 0.3) is 33.5 Å². The van der Waals surface area contributed by atoms with Crippen molar-refractivity contribution >= 4 is 27.6 Å². The summed E-state index contributed by atoms with van der Waals surface area (Å²) in [4.78, 5) is 12.0. The summed E-state index contributed by atoms with van der Waals surface area (Å²) in [5.74, 6) is 0.311. The summed E-state index contributed by atoms with van der Waals surface area (Å²) in [5, 5.41) is 11.3. The predicted octanol–water partition coefficient (Wildman–Crippen LogP) is 4.29. The van der Waals surface area contributed by atoms with Crippen molar-refractivity contribution in [1.29, 1.82) is 0 Å². The minimum atomic E-state index is -0.300. The van der Waals surface area contributed by atoms with Crippen molar-refractivity contribution in [3.05, 3.63) is 72.3 Å². The molecule has 28 heavy (non-hydrogen) atoms. The fourth-order valence-electron chi connectivity index (χ4n) is 3.30. The Hall–Kier alpha value is -3.74. The molecule has 7 heteroatoms. The molecular formula is C21H17FN6. The molecule has 0 aliphatic rings. The molecule has 0 radical (unpaired) electrons. The van der Waals surface area contributed by atoms with E-state index in [9.17, 15) is 4.39 Å². The van der Waals surface area contributed by atoms with Gasteiger partial charge in [-0.1, -0.05) is 6.07 Å². The average Bonchev–Trinajstić information content (AvgIpc) is 3.31. The number of hydrogen-bond acceptors (Lipinski definition) is 4. The van der Waals surface area contributed by atoms with Gasteiger partial charge in [-0.25, -0.2) is 9.37 Å². The first-order chi connectivity index (χ1) is 13.8. The number of fused-ring (bicyclic) bond motifs is 2. The lowest BCUT2D eigenvalue weighted by molar-refractivity contribution is 0.630. The fraction of sp³-hybridized carbons (Fsp3) is 0.0952. The van der Waals surface area contributed by atoms with Crippen LogP contribution in [0, 0.1) is 5.82 Å². The summed E-state index contributed by atoms with van der Waals surface area (Å²) >= 11 is 0. The lowest BCUT2D eigenvalue weighted by Crippen LogP contribution is -2.04. The topological polar surface area (TPSA) is 82.3 Å². The molecule has 5 aromatic rings. The van der Waals surface area contributed by atoms with Crippen LogP contribution in [0.3, 0.4) is 0 Å². The number of H-pyrrole nitrogens is 2. The molecule has 3 heterocycles. The van der Waals surface area contributed by atoms with Crippen LogP contribution in [0.4, 0.5) is 10.1 Å². The van der Waals surface area contributed by atoms with Crippen molar-refractivity contribution in [3.8, 4) is 11.5 Å². The molecule has 0 bridgehead atoms. The van der Waals surface area contributed by atoms with Gasteiger partial charge in [-0.05, 0) is 54.4 Å². The Morgan fingerprint density at radius 3 is 2.89 bits per heavy atom. The molecule has 0 unspecified atom stereocenters.